The lowest BCUT2D eigenvalue weighted by Crippen LogP contribution is -2.26. The molecule has 1 fully saturated rings. The predicted octanol–water partition coefficient (Wildman–Crippen LogP) is 2.67. The molecule has 1 aliphatic carbocycles. The number of pyridine rings is 1. The van der Waals surface area contributed by atoms with Crippen LogP contribution in [0.5, 0.6) is 0 Å². The van der Waals surface area contributed by atoms with Crippen molar-refractivity contribution in [1.82, 2.24) is 19.8 Å². The fraction of sp³-hybridized carbons (Fsp3) is 0.333. The molecule has 2 heterocycles. The van der Waals surface area contributed by atoms with E-state index in [9.17, 15) is 13.2 Å². The fourth-order valence-electron chi connectivity index (χ4n) is 2.91. The second-order valence-electron chi connectivity index (χ2n) is 7.37. The molecular formula is C21H22N4O5S. The van der Waals surface area contributed by atoms with Gasteiger partial charge < -0.3 is 9.26 Å². The average Bonchev–Trinajstić information content (AvgIpc) is 3.44. The Morgan fingerprint density at radius 1 is 1.29 bits per heavy atom. The second kappa shape index (κ2) is 8.94. The summed E-state index contributed by atoms with van der Waals surface area (Å²) in [6.45, 7) is 1.87. The highest BCUT2D eigenvalue weighted by Gasteiger charge is 2.28. The predicted molar refractivity (Wildman–Crippen MR) is 111 cm³/mol. The van der Waals surface area contributed by atoms with Gasteiger partial charge in [0.25, 0.3) is 0 Å². The minimum absolute atomic E-state index is 0.00919. The number of esters is 1. The first-order valence-corrected chi connectivity index (χ1v) is 11.4. The third kappa shape index (κ3) is 5.33. The third-order valence-corrected chi connectivity index (χ3v) is 6.31. The number of carbonyl (C=O) groups excluding carboxylic acids is 1. The summed E-state index contributed by atoms with van der Waals surface area (Å²) in [6.07, 6.45) is 5.91. The van der Waals surface area contributed by atoms with E-state index in [2.05, 4.69) is 19.8 Å². The van der Waals surface area contributed by atoms with Crippen LogP contribution in [0.25, 0.3) is 11.4 Å². The minimum Gasteiger partial charge on any atom is -0.462 e. The molecule has 9 nitrogen and oxygen atoms in total. The Morgan fingerprint density at radius 3 is 2.87 bits per heavy atom. The maximum absolute atomic E-state index is 12.5. The van der Waals surface area contributed by atoms with Crippen LogP contribution < -0.4 is 4.72 Å². The number of nitrogens with one attached hydrogen (secondary N) is 1. The van der Waals surface area contributed by atoms with Gasteiger partial charge in [-0.3, -0.25) is 4.98 Å². The van der Waals surface area contributed by atoms with Crippen molar-refractivity contribution in [2.24, 2.45) is 0 Å². The van der Waals surface area contributed by atoms with Gasteiger partial charge in [0, 0.05) is 30.4 Å². The van der Waals surface area contributed by atoms with E-state index in [0.29, 0.717) is 30.1 Å². The molecule has 10 heteroatoms. The molecule has 0 amide bonds. The van der Waals surface area contributed by atoms with Gasteiger partial charge in [0.2, 0.25) is 21.7 Å². The molecular weight excluding hydrogens is 420 g/mol. The van der Waals surface area contributed by atoms with Crippen LogP contribution in [0.1, 0.15) is 41.1 Å². The van der Waals surface area contributed by atoms with Crippen LogP contribution >= 0.6 is 0 Å². The van der Waals surface area contributed by atoms with E-state index in [4.69, 9.17) is 9.26 Å². The lowest BCUT2D eigenvalue weighted by molar-refractivity contribution is 0.0497. The van der Waals surface area contributed by atoms with Gasteiger partial charge in [-0.25, -0.2) is 17.9 Å². The summed E-state index contributed by atoms with van der Waals surface area (Å²) in [5.74, 6) is 0.321. The number of hydrogen-bond donors (Lipinski definition) is 1. The zero-order valence-corrected chi connectivity index (χ0v) is 17.8. The Hall–Kier alpha value is -3.11. The molecule has 31 heavy (non-hydrogen) atoms. The largest absolute Gasteiger partial charge is 0.462 e. The highest BCUT2D eigenvalue weighted by Crippen LogP contribution is 2.23. The third-order valence-electron chi connectivity index (χ3n) is 4.79. The first-order valence-electron chi connectivity index (χ1n) is 9.95. The van der Waals surface area contributed by atoms with Crippen molar-refractivity contribution in [2.75, 3.05) is 6.61 Å². The lowest BCUT2D eigenvalue weighted by Gasteiger charge is -2.10. The Kier molecular flexibility index (Phi) is 6.10. The SMILES string of the molecule is Cc1ccc(S(=O)(=O)NC2CC2)cc1C(=O)OCCCc1nc(-c2cccnc2)no1. The summed E-state index contributed by atoms with van der Waals surface area (Å²) in [7, 11) is -3.64. The first kappa shape index (κ1) is 21.1. The zero-order chi connectivity index (χ0) is 21.8. The number of benzene rings is 1. The van der Waals surface area contributed by atoms with Crippen molar-refractivity contribution in [3.8, 4) is 11.4 Å². The number of hydrogen-bond acceptors (Lipinski definition) is 8. The molecule has 1 aromatic carbocycles. The van der Waals surface area contributed by atoms with E-state index in [1.165, 1.54) is 12.1 Å². The summed E-state index contributed by atoms with van der Waals surface area (Å²) < 4.78 is 38.0. The molecule has 2 aromatic heterocycles. The van der Waals surface area contributed by atoms with Crippen LogP contribution in [0.2, 0.25) is 0 Å². The van der Waals surface area contributed by atoms with Gasteiger partial charge >= 0.3 is 5.97 Å². The second-order valence-corrected chi connectivity index (χ2v) is 9.08. The summed E-state index contributed by atoms with van der Waals surface area (Å²) in [5, 5.41) is 3.92. The molecule has 0 radical (unpaired) electrons. The number of ether oxygens (including phenoxy) is 1. The highest BCUT2D eigenvalue weighted by molar-refractivity contribution is 7.89. The number of nitrogens with zero attached hydrogens (tertiary/aromatic N) is 3. The lowest BCUT2D eigenvalue weighted by atomic mass is 10.1. The molecule has 0 bridgehead atoms. The summed E-state index contributed by atoms with van der Waals surface area (Å²) in [6, 6.07) is 8.07. The van der Waals surface area contributed by atoms with Crippen LogP contribution in [0.3, 0.4) is 0 Å². The van der Waals surface area contributed by atoms with Gasteiger partial charge in [-0.15, -0.1) is 0 Å². The van der Waals surface area contributed by atoms with Crippen molar-refractivity contribution >= 4 is 16.0 Å². The molecule has 1 N–H and O–H groups in total. The maximum atomic E-state index is 12.5. The van der Waals surface area contributed by atoms with Crippen molar-refractivity contribution in [1.29, 1.82) is 0 Å². The topological polar surface area (TPSA) is 124 Å². The van der Waals surface area contributed by atoms with Crippen molar-refractivity contribution in [3.63, 3.8) is 0 Å². The van der Waals surface area contributed by atoms with Crippen LogP contribution in [0, 0.1) is 6.92 Å². The van der Waals surface area contributed by atoms with E-state index >= 15 is 0 Å². The summed E-state index contributed by atoms with van der Waals surface area (Å²) in [4.78, 5) is 20.9. The molecule has 0 aliphatic heterocycles. The van der Waals surface area contributed by atoms with E-state index < -0.39 is 16.0 Å². The molecule has 4 rings (SSSR count). The Balaban J connectivity index is 1.32. The standard InChI is InChI=1S/C21H22N4O5S/c1-14-6-9-17(31(27,28)25-16-7-8-16)12-18(14)21(26)29-11-3-5-19-23-20(24-30-19)15-4-2-10-22-13-15/h2,4,6,9-10,12-13,16,25H,3,5,7-8,11H2,1H3. The summed E-state index contributed by atoms with van der Waals surface area (Å²) >= 11 is 0. The molecule has 0 unspecified atom stereocenters. The van der Waals surface area contributed by atoms with Gasteiger partial charge in [-0.05, 0) is 56.0 Å². The summed E-state index contributed by atoms with van der Waals surface area (Å²) in [5.41, 5.74) is 1.63. The van der Waals surface area contributed by atoms with Crippen molar-refractivity contribution in [3.05, 3.63) is 59.7 Å². The van der Waals surface area contributed by atoms with Crippen LogP contribution in [-0.4, -0.2) is 42.2 Å². The monoisotopic (exact) mass is 442 g/mol. The number of carbonyl (C=O) groups is 1. The molecule has 162 valence electrons. The number of aromatic nitrogens is 3. The molecule has 3 aromatic rings. The molecule has 0 saturated heterocycles. The smallest absolute Gasteiger partial charge is 0.338 e. The average molecular weight is 442 g/mol. The highest BCUT2D eigenvalue weighted by atomic mass is 32.2. The molecule has 1 saturated carbocycles. The normalized spacial score (nSPS) is 13.8. The maximum Gasteiger partial charge on any atom is 0.338 e. The van der Waals surface area contributed by atoms with Gasteiger partial charge in [0.1, 0.15) is 0 Å². The first-order chi connectivity index (χ1) is 14.9. The minimum atomic E-state index is -3.64. The van der Waals surface area contributed by atoms with Gasteiger partial charge in [0.05, 0.1) is 17.1 Å². The van der Waals surface area contributed by atoms with Crippen molar-refractivity contribution in [2.45, 2.75) is 43.5 Å². The van der Waals surface area contributed by atoms with Crippen LogP contribution in [0.15, 0.2) is 52.1 Å². The Labute approximate surface area is 179 Å². The Bertz CT molecular complexity index is 1170. The number of rotatable bonds is 9. The van der Waals surface area contributed by atoms with Gasteiger partial charge in [0.15, 0.2) is 0 Å². The van der Waals surface area contributed by atoms with Crippen LogP contribution in [-0.2, 0) is 21.2 Å². The van der Waals surface area contributed by atoms with E-state index in [1.807, 2.05) is 6.07 Å². The number of sulfonamides is 1. The van der Waals surface area contributed by atoms with Crippen molar-refractivity contribution < 1.29 is 22.5 Å². The van der Waals surface area contributed by atoms with Gasteiger partial charge in [-0.2, -0.15) is 4.98 Å². The Morgan fingerprint density at radius 2 is 2.13 bits per heavy atom. The molecule has 0 spiro atoms. The van der Waals surface area contributed by atoms with Gasteiger partial charge in [-0.1, -0.05) is 11.2 Å². The number of aryl methyl sites for hydroxylation is 2. The van der Waals surface area contributed by atoms with E-state index in [1.54, 1.807) is 31.5 Å². The zero-order valence-electron chi connectivity index (χ0n) is 16.9. The van der Waals surface area contributed by atoms with E-state index in [0.717, 1.165) is 18.4 Å². The molecule has 0 atom stereocenters. The fourth-order valence-corrected chi connectivity index (χ4v) is 4.24. The van der Waals surface area contributed by atoms with E-state index in [-0.39, 0.29) is 23.1 Å². The van der Waals surface area contributed by atoms with Crippen LogP contribution in [0.4, 0.5) is 0 Å². The quantitative estimate of drug-likeness (QED) is 0.396. The molecule has 1 aliphatic rings.